The summed E-state index contributed by atoms with van der Waals surface area (Å²) in [4.78, 5) is 31.7. The Morgan fingerprint density at radius 2 is 2.04 bits per heavy atom. The lowest BCUT2D eigenvalue weighted by Crippen LogP contribution is -2.35. The van der Waals surface area contributed by atoms with Crippen LogP contribution in [0.4, 0.5) is 10.2 Å². The summed E-state index contributed by atoms with van der Waals surface area (Å²) in [7, 11) is 0. The summed E-state index contributed by atoms with van der Waals surface area (Å²) >= 11 is 6.14. The van der Waals surface area contributed by atoms with Gasteiger partial charge in [-0.15, -0.1) is 0 Å². The van der Waals surface area contributed by atoms with Crippen LogP contribution in [0.3, 0.4) is 0 Å². The molecule has 1 amide bonds. The van der Waals surface area contributed by atoms with E-state index >= 15 is 4.39 Å². The molecule has 0 unspecified atom stereocenters. The lowest BCUT2D eigenvalue weighted by atomic mass is 9.95. The van der Waals surface area contributed by atoms with Crippen molar-refractivity contribution in [2.75, 3.05) is 5.73 Å². The minimum Gasteiger partial charge on any atom is -0.382 e. The van der Waals surface area contributed by atoms with Gasteiger partial charge in [0.1, 0.15) is 17.3 Å². The Morgan fingerprint density at radius 1 is 1.32 bits per heavy atom. The molecule has 1 aromatic carbocycles. The number of ketones is 1. The number of benzene rings is 1. The van der Waals surface area contributed by atoms with E-state index in [0.717, 1.165) is 12.8 Å². The van der Waals surface area contributed by atoms with Gasteiger partial charge in [-0.2, -0.15) is 0 Å². The topological polar surface area (TPSA) is 124 Å². The first-order valence-corrected chi connectivity index (χ1v) is 9.30. The van der Waals surface area contributed by atoms with E-state index < -0.39 is 17.5 Å². The molecule has 1 heterocycles. The van der Waals surface area contributed by atoms with E-state index in [-0.39, 0.29) is 46.5 Å². The van der Waals surface area contributed by atoms with Crippen LogP contribution in [-0.2, 0) is 4.79 Å². The predicted molar refractivity (Wildman–Crippen MR) is 103 cm³/mol. The van der Waals surface area contributed by atoms with Crippen LogP contribution in [0, 0.1) is 11.7 Å². The molecular weight excluding hydrogens is 385 g/mol. The third kappa shape index (κ3) is 4.45. The summed E-state index contributed by atoms with van der Waals surface area (Å²) < 4.78 is 15.4. The number of nitrogens with one attached hydrogen (secondary N) is 1. The minimum atomic E-state index is -0.702. The number of aromatic nitrogens is 2. The molecular formula is C19H21ClFN5O2. The third-order valence-electron chi connectivity index (χ3n) is 4.65. The molecule has 5 N–H and O–H groups in total. The average molecular weight is 406 g/mol. The van der Waals surface area contributed by atoms with E-state index in [0.29, 0.717) is 5.56 Å². The highest BCUT2D eigenvalue weighted by Gasteiger charge is 2.36. The van der Waals surface area contributed by atoms with Crippen LogP contribution in [-0.4, -0.2) is 27.7 Å². The molecule has 0 aliphatic heterocycles. The fourth-order valence-corrected chi connectivity index (χ4v) is 3.41. The minimum absolute atomic E-state index is 0.00962. The van der Waals surface area contributed by atoms with E-state index in [2.05, 4.69) is 15.3 Å². The lowest BCUT2D eigenvalue weighted by Gasteiger charge is -2.24. The second-order valence-electron chi connectivity index (χ2n) is 7.03. The van der Waals surface area contributed by atoms with Gasteiger partial charge in [0.2, 0.25) is 11.7 Å². The van der Waals surface area contributed by atoms with Crippen LogP contribution in [0.5, 0.6) is 0 Å². The number of amides is 1. The van der Waals surface area contributed by atoms with Gasteiger partial charge in [-0.3, -0.25) is 9.59 Å². The highest BCUT2D eigenvalue weighted by Crippen LogP contribution is 2.43. The first kappa shape index (κ1) is 20.2. The number of hydrogen-bond donors (Lipinski definition) is 3. The fraction of sp³-hybridized carbons (Fsp3) is 0.368. The van der Waals surface area contributed by atoms with Crippen LogP contribution in [0.15, 0.2) is 24.5 Å². The number of halogens is 2. The van der Waals surface area contributed by atoms with Crippen LogP contribution < -0.4 is 16.8 Å². The standard InChI is InChI=1S/C19H21ClFN5O2/c1-9(6-15(23)27)26-18(10-2-3-10)11-4-5-12(20)16(17(11)21)19(28)13-7-25-14(22)8-24-13/h4-5,7-10,18,26H,2-3,6H2,1H3,(H2,22,25)(H2,23,27)/t9-,18-/m1/s1. The maximum atomic E-state index is 15.4. The van der Waals surface area contributed by atoms with Crippen LogP contribution >= 0.6 is 11.6 Å². The number of nitrogen functional groups attached to an aromatic ring is 1. The summed E-state index contributed by atoms with van der Waals surface area (Å²) in [5.74, 6) is -1.45. The highest BCUT2D eigenvalue weighted by atomic mass is 35.5. The summed E-state index contributed by atoms with van der Waals surface area (Å²) in [6, 6.07) is 2.47. The van der Waals surface area contributed by atoms with E-state index in [4.69, 9.17) is 23.1 Å². The van der Waals surface area contributed by atoms with Gasteiger partial charge in [-0.1, -0.05) is 17.7 Å². The molecule has 2 atom stereocenters. The zero-order valence-corrected chi connectivity index (χ0v) is 16.0. The zero-order chi connectivity index (χ0) is 20.4. The van der Waals surface area contributed by atoms with Crippen molar-refractivity contribution in [3.05, 3.63) is 52.2 Å². The number of nitrogens with zero attached hydrogens (tertiary/aromatic N) is 2. The molecule has 9 heteroatoms. The van der Waals surface area contributed by atoms with Gasteiger partial charge < -0.3 is 16.8 Å². The van der Waals surface area contributed by atoms with Crippen molar-refractivity contribution in [1.82, 2.24) is 15.3 Å². The summed E-state index contributed by atoms with van der Waals surface area (Å²) in [5.41, 5.74) is 10.8. The van der Waals surface area contributed by atoms with E-state index in [1.54, 1.807) is 6.07 Å². The Morgan fingerprint density at radius 3 is 2.61 bits per heavy atom. The maximum Gasteiger partial charge on any atom is 0.218 e. The van der Waals surface area contributed by atoms with Crippen LogP contribution in [0.25, 0.3) is 0 Å². The maximum absolute atomic E-state index is 15.4. The molecule has 148 valence electrons. The van der Waals surface area contributed by atoms with Crippen LogP contribution in [0.1, 0.15) is 53.8 Å². The smallest absolute Gasteiger partial charge is 0.218 e. The molecule has 1 aliphatic carbocycles. The lowest BCUT2D eigenvalue weighted by molar-refractivity contribution is -0.118. The van der Waals surface area contributed by atoms with Gasteiger partial charge in [-0.25, -0.2) is 14.4 Å². The monoisotopic (exact) mass is 405 g/mol. The van der Waals surface area contributed by atoms with Crippen molar-refractivity contribution in [1.29, 1.82) is 0 Å². The SMILES string of the molecule is C[C@H](CC(N)=O)N[C@@H](c1ccc(Cl)c(C(=O)c2cnc(N)cn2)c1F)C1CC1. The second-order valence-corrected chi connectivity index (χ2v) is 7.44. The first-order valence-electron chi connectivity index (χ1n) is 8.92. The Labute approximate surface area is 166 Å². The zero-order valence-electron chi connectivity index (χ0n) is 15.3. The van der Waals surface area contributed by atoms with Gasteiger partial charge in [0.05, 0.1) is 23.0 Å². The fourth-order valence-electron chi connectivity index (χ4n) is 3.18. The number of nitrogens with two attached hydrogens (primary N) is 2. The molecule has 1 saturated carbocycles. The number of carbonyl (C=O) groups is 2. The molecule has 3 rings (SSSR count). The number of primary amides is 1. The van der Waals surface area contributed by atoms with Gasteiger partial charge in [0.15, 0.2) is 0 Å². The predicted octanol–water partition coefficient (Wildman–Crippen LogP) is 2.39. The largest absolute Gasteiger partial charge is 0.382 e. The van der Waals surface area contributed by atoms with Crippen molar-refractivity contribution < 1.29 is 14.0 Å². The van der Waals surface area contributed by atoms with Crippen molar-refractivity contribution >= 4 is 29.1 Å². The molecule has 0 radical (unpaired) electrons. The Hall–Kier alpha value is -2.58. The normalized spacial score (nSPS) is 15.8. The van der Waals surface area contributed by atoms with Gasteiger partial charge in [0.25, 0.3) is 0 Å². The Kier molecular flexibility index (Phi) is 5.90. The van der Waals surface area contributed by atoms with E-state index in [1.807, 2.05) is 6.92 Å². The number of hydrogen-bond acceptors (Lipinski definition) is 6. The van der Waals surface area contributed by atoms with E-state index in [9.17, 15) is 9.59 Å². The van der Waals surface area contributed by atoms with Crippen molar-refractivity contribution in [2.45, 2.75) is 38.3 Å². The number of carbonyl (C=O) groups excluding carboxylic acids is 2. The summed E-state index contributed by atoms with van der Waals surface area (Å²) in [5, 5.41) is 3.25. The van der Waals surface area contributed by atoms with Crippen molar-refractivity contribution in [3.63, 3.8) is 0 Å². The van der Waals surface area contributed by atoms with Crippen LogP contribution in [0.2, 0.25) is 5.02 Å². The second kappa shape index (κ2) is 8.20. The summed E-state index contributed by atoms with van der Waals surface area (Å²) in [6.45, 7) is 1.81. The Bertz CT molecular complexity index is 902. The molecule has 7 nitrogen and oxygen atoms in total. The average Bonchev–Trinajstić information content (AvgIpc) is 3.45. The quantitative estimate of drug-likeness (QED) is 0.579. The molecule has 0 bridgehead atoms. The molecule has 1 fully saturated rings. The summed E-state index contributed by atoms with van der Waals surface area (Å²) in [6.07, 6.45) is 4.39. The Balaban J connectivity index is 1.95. The molecule has 1 aromatic heterocycles. The molecule has 0 spiro atoms. The van der Waals surface area contributed by atoms with Crippen molar-refractivity contribution in [2.24, 2.45) is 11.7 Å². The number of anilines is 1. The van der Waals surface area contributed by atoms with Crippen molar-refractivity contribution in [3.8, 4) is 0 Å². The van der Waals surface area contributed by atoms with E-state index in [1.165, 1.54) is 18.5 Å². The molecule has 2 aromatic rings. The first-order chi connectivity index (χ1) is 13.3. The number of rotatable bonds is 8. The third-order valence-corrected chi connectivity index (χ3v) is 4.97. The van der Waals surface area contributed by atoms with Gasteiger partial charge in [-0.05, 0) is 31.7 Å². The van der Waals surface area contributed by atoms with Gasteiger partial charge >= 0.3 is 0 Å². The molecule has 0 saturated heterocycles. The van der Waals surface area contributed by atoms with Gasteiger partial charge in [0, 0.05) is 24.1 Å². The highest BCUT2D eigenvalue weighted by molar-refractivity contribution is 6.35. The molecule has 1 aliphatic rings. The molecule has 28 heavy (non-hydrogen) atoms.